The first kappa shape index (κ1) is 16.0. The molecule has 1 heterocycles. The van der Waals surface area contributed by atoms with Crippen LogP contribution in [0, 0.1) is 0 Å². The van der Waals surface area contributed by atoms with E-state index in [-0.39, 0.29) is 11.9 Å². The minimum Gasteiger partial charge on any atom is -0.490 e. The summed E-state index contributed by atoms with van der Waals surface area (Å²) in [6.45, 7) is 10.2. The van der Waals surface area contributed by atoms with Gasteiger partial charge in [0.05, 0.1) is 17.2 Å². The molecule has 0 spiro atoms. The molecule has 3 nitrogen and oxygen atoms in total. The molecule has 0 aromatic heterocycles. The molecular formula is C18H27NO2. The Balaban J connectivity index is 2.33. The fourth-order valence-corrected chi connectivity index (χ4v) is 3.04. The molecule has 1 aromatic rings. The number of carbonyl (C=O) groups excluding carboxylic acids is 1. The molecule has 0 aliphatic carbocycles. The third-order valence-electron chi connectivity index (χ3n) is 4.48. The van der Waals surface area contributed by atoms with Crippen molar-refractivity contribution in [1.82, 2.24) is 4.90 Å². The number of benzene rings is 1. The smallest absolute Gasteiger partial charge is 0.186 e. The normalized spacial score (nSPS) is 18.7. The van der Waals surface area contributed by atoms with E-state index in [4.69, 9.17) is 4.74 Å². The molecule has 0 amide bonds. The summed E-state index contributed by atoms with van der Waals surface area (Å²) in [5.41, 5.74) is 0.287. The van der Waals surface area contributed by atoms with Crippen molar-refractivity contribution in [3.8, 4) is 5.75 Å². The number of ketones is 1. The maximum atomic E-state index is 13.2. The molecule has 0 saturated carbocycles. The number of nitrogens with zero attached hydrogens (tertiary/aromatic N) is 1. The van der Waals surface area contributed by atoms with Crippen LogP contribution >= 0.6 is 0 Å². The van der Waals surface area contributed by atoms with Crippen molar-refractivity contribution in [2.75, 3.05) is 13.1 Å². The van der Waals surface area contributed by atoms with E-state index in [9.17, 15) is 4.79 Å². The Bertz CT molecular complexity index is 492. The average molecular weight is 289 g/mol. The molecule has 116 valence electrons. The van der Waals surface area contributed by atoms with Crippen LogP contribution in [0.25, 0.3) is 0 Å². The van der Waals surface area contributed by atoms with Crippen LogP contribution in [-0.4, -0.2) is 35.4 Å². The first-order chi connectivity index (χ1) is 9.99. The Morgan fingerprint density at radius 1 is 1.29 bits per heavy atom. The molecule has 1 aliphatic heterocycles. The highest BCUT2D eigenvalue weighted by atomic mass is 16.5. The van der Waals surface area contributed by atoms with E-state index < -0.39 is 5.54 Å². The average Bonchev–Trinajstić information content (AvgIpc) is 3.00. The lowest BCUT2D eigenvalue weighted by molar-refractivity contribution is 0.0642. The van der Waals surface area contributed by atoms with Crippen molar-refractivity contribution in [3.05, 3.63) is 29.8 Å². The first-order valence-corrected chi connectivity index (χ1v) is 8.04. The van der Waals surface area contributed by atoms with Crippen LogP contribution in [0.5, 0.6) is 5.75 Å². The van der Waals surface area contributed by atoms with Gasteiger partial charge < -0.3 is 4.74 Å². The van der Waals surface area contributed by atoms with E-state index in [0.29, 0.717) is 11.3 Å². The van der Waals surface area contributed by atoms with Crippen molar-refractivity contribution in [2.45, 2.75) is 58.6 Å². The predicted octanol–water partition coefficient (Wildman–Crippen LogP) is 3.92. The minimum atomic E-state index is -0.424. The zero-order chi connectivity index (χ0) is 15.5. The van der Waals surface area contributed by atoms with E-state index in [1.165, 1.54) is 12.8 Å². The molecule has 1 atom stereocenters. The van der Waals surface area contributed by atoms with Crippen LogP contribution in [0.1, 0.15) is 57.3 Å². The molecule has 1 unspecified atom stereocenters. The number of rotatable bonds is 6. The maximum absolute atomic E-state index is 13.2. The molecule has 0 N–H and O–H groups in total. The molecule has 2 rings (SSSR count). The van der Waals surface area contributed by atoms with Crippen LogP contribution in [0.15, 0.2) is 24.3 Å². The van der Waals surface area contributed by atoms with Gasteiger partial charge in [-0.05, 0) is 65.3 Å². The number of carbonyl (C=O) groups is 1. The summed E-state index contributed by atoms with van der Waals surface area (Å²) < 4.78 is 5.83. The van der Waals surface area contributed by atoms with Crippen LogP contribution in [0.2, 0.25) is 0 Å². The lowest BCUT2D eigenvalue weighted by atomic mass is 9.86. The van der Waals surface area contributed by atoms with Gasteiger partial charge in [0.1, 0.15) is 5.75 Å². The first-order valence-electron chi connectivity index (χ1n) is 8.04. The van der Waals surface area contributed by atoms with Crippen LogP contribution in [0.4, 0.5) is 0 Å². The molecule has 1 saturated heterocycles. The van der Waals surface area contributed by atoms with Crippen LogP contribution in [0.3, 0.4) is 0 Å². The Labute approximate surface area is 128 Å². The van der Waals surface area contributed by atoms with Gasteiger partial charge in [0, 0.05) is 0 Å². The highest BCUT2D eigenvalue weighted by Crippen LogP contribution is 2.32. The second kappa shape index (κ2) is 6.61. The van der Waals surface area contributed by atoms with Gasteiger partial charge in [-0.1, -0.05) is 19.1 Å². The van der Waals surface area contributed by atoms with Crippen LogP contribution in [-0.2, 0) is 0 Å². The van der Waals surface area contributed by atoms with Crippen molar-refractivity contribution in [1.29, 1.82) is 0 Å². The number of hydrogen-bond donors (Lipinski definition) is 0. The lowest BCUT2D eigenvalue weighted by Gasteiger charge is -2.37. The van der Waals surface area contributed by atoms with Gasteiger partial charge in [-0.15, -0.1) is 0 Å². The lowest BCUT2D eigenvalue weighted by Crippen LogP contribution is -2.50. The van der Waals surface area contributed by atoms with Gasteiger partial charge in [0.25, 0.3) is 0 Å². The molecule has 1 fully saturated rings. The van der Waals surface area contributed by atoms with E-state index in [2.05, 4.69) is 18.7 Å². The molecule has 3 heteroatoms. The molecule has 1 aromatic carbocycles. The molecule has 1 aliphatic rings. The van der Waals surface area contributed by atoms with E-state index in [0.717, 1.165) is 19.5 Å². The fourth-order valence-electron chi connectivity index (χ4n) is 3.04. The second-order valence-corrected chi connectivity index (χ2v) is 6.31. The number of para-hydroxylation sites is 1. The largest absolute Gasteiger partial charge is 0.490 e. The second-order valence-electron chi connectivity index (χ2n) is 6.31. The van der Waals surface area contributed by atoms with E-state index in [1.807, 2.05) is 38.1 Å². The Kier molecular flexibility index (Phi) is 5.04. The molecule has 0 bridgehead atoms. The summed E-state index contributed by atoms with van der Waals surface area (Å²) in [5, 5.41) is 0. The van der Waals surface area contributed by atoms with Crippen molar-refractivity contribution in [3.63, 3.8) is 0 Å². The SMILES string of the molecule is CCC(C)(C(=O)c1ccccc1OC(C)C)N1CCCC1. The highest BCUT2D eigenvalue weighted by Gasteiger charge is 2.40. The monoisotopic (exact) mass is 289 g/mol. The van der Waals surface area contributed by atoms with Gasteiger partial charge in [-0.3, -0.25) is 9.69 Å². The molecular weight excluding hydrogens is 262 g/mol. The summed E-state index contributed by atoms with van der Waals surface area (Å²) in [6.07, 6.45) is 3.26. The topological polar surface area (TPSA) is 29.5 Å². The molecule has 21 heavy (non-hydrogen) atoms. The van der Waals surface area contributed by atoms with E-state index in [1.54, 1.807) is 0 Å². The third-order valence-corrected chi connectivity index (χ3v) is 4.48. The van der Waals surface area contributed by atoms with Crippen molar-refractivity contribution >= 4 is 5.78 Å². The number of likely N-dealkylation sites (tertiary alicyclic amines) is 1. The molecule has 0 radical (unpaired) electrons. The summed E-state index contributed by atoms with van der Waals surface area (Å²) in [6, 6.07) is 7.63. The van der Waals surface area contributed by atoms with Crippen molar-refractivity contribution < 1.29 is 9.53 Å². The number of hydrogen-bond acceptors (Lipinski definition) is 3. The Hall–Kier alpha value is -1.35. The summed E-state index contributed by atoms with van der Waals surface area (Å²) in [4.78, 5) is 15.5. The van der Waals surface area contributed by atoms with Crippen LogP contribution < -0.4 is 4.74 Å². The summed E-state index contributed by atoms with van der Waals surface area (Å²) in [5.74, 6) is 0.888. The van der Waals surface area contributed by atoms with Gasteiger partial charge in [0.15, 0.2) is 5.78 Å². The quantitative estimate of drug-likeness (QED) is 0.743. The van der Waals surface area contributed by atoms with Gasteiger partial charge in [0.2, 0.25) is 0 Å². The zero-order valence-electron chi connectivity index (χ0n) is 13.7. The van der Waals surface area contributed by atoms with Gasteiger partial charge in [-0.25, -0.2) is 0 Å². The summed E-state index contributed by atoms with van der Waals surface area (Å²) >= 11 is 0. The number of ether oxygens (including phenoxy) is 1. The third kappa shape index (κ3) is 3.29. The fraction of sp³-hybridized carbons (Fsp3) is 0.611. The highest BCUT2D eigenvalue weighted by molar-refractivity contribution is 6.05. The Morgan fingerprint density at radius 2 is 1.90 bits per heavy atom. The Morgan fingerprint density at radius 3 is 2.48 bits per heavy atom. The van der Waals surface area contributed by atoms with Crippen molar-refractivity contribution in [2.24, 2.45) is 0 Å². The number of Topliss-reactive ketones (excluding diaryl/α,β-unsaturated/α-hetero) is 1. The zero-order valence-corrected chi connectivity index (χ0v) is 13.7. The maximum Gasteiger partial charge on any atom is 0.186 e. The van der Waals surface area contributed by atoms with E-state index >= 15 is 0 Å². The van der Waals surface area contributed by atoms with Gasteiger partial charge in [-0.2, -0.15) is 0 Å². The minimum absolute atomic E-state index is 0.0682. The predicted molar refractivity (Wildman–Crippen MR) is 86.0 cm³/mol. The summed E-state index contributed by atoms with van der Waals surface area (Å²) in [7, 11) is 0. The standard InChI is InChI=1S/C18H27NO2/c1-5-18(4,19-12-8-9-13-19)17(20)15-10-6-7-11-16(15)21-14(2)3/h6-7,10-11,14H,5,8-9,12-13H2,1-4H3. The van der Waals surface area contributed by atoms with Gasteiger partial charge >= 0.3 is 0 Å².